The number of fused-ring (bicyclic) bond motifs is 1. The Morgan fingerprint density at radius 2 is 1.58 bits per heavy atom. The predicted octanol–water partition coefficient (Wildman–Crippen LogP) is 3.98. The van der Waals surface area contributed by atoms with E-state index in [4.69, 9.17) is 30.5 Å². The fraction of sp³-hybridized carbons (Fsp3) is 0.429. The molecule has 0 saturated heterocycles. The van der Waals surface area contributed by atoms with Gasteiger partial charge in [0.05, 0.1) is 6.61 Å². The molecule has 0 bridgehead atoms. The summed E-state index contributed by atoms with van der Waals surface area (Å²) in [6.45, 7) is 3.83. The SMILES string of the molecule is CCCCc1cc2c(S(=O)(=O)Cl)oc(S(=O)(=O)Cl)c(OCC)c-2c1. The highest BCUT2D eigenvalue weighted by molar-refractivity contribution is 8.14. The van der Waals surface area contributed by atoms with Crippen molar-refractivity contribution in [2.24, 2.45) is 0 Å². The van der Waals surface area contributed by atoms with Crippen LogP contribution < -0.4 is 4.74 Å². The van der Waals surface area contributed by atoms with Crippen LogP contribution in [0.4, 0.5) is 0 Å². The molecule has 0 aromatic carbocycles. The Hall–Kier alpha value is -0.960. The van der Waals surface area contributed by atoms with Crippen molar-refractivity contribution >= 4 is 39.5 Å². The van der Waals surface area contributed by atoms with E-state index in [-0.39, 0.29) is 23.5 Å². The zero-order chi connectivity index (χ0) is 18.1. The maximum atomic E-state index is 11.8. The first-order valence-electron chi connectivity index (χ1n) is 7.21. The summed E-state index contributed by atoms with van der Waals surface area (Å²) in [6, 6.07) is 3.28. The highest BCUT2D eigenvalue weighted by Gasteiger charge is 2.33. The molecular formula is C14H16Cl2O6S2. The van der Waals surface area contributed by atoms with E-state index in [2.05, 4.69) is 0 Å². The highest BCUT2D eigenvalue weighted by atomic mass is 35.7. The van der Waals surface area contributed by atoms with Crippen molar-refractivity contribution in [2.45, 2.75) is 43.3 Å². The van der Waals surface area contributed by atoms with Gasteiger partial charge in [0.2, 0.25) is 5.09 Å². The van der Waals surface area contributed by atoms with E-state index in [0.29, 0.717) is 6.42 Å². The fourth-order valence-electron chi connectivity index (χ4n) is 2.37. The lowest BCUT2D eigenvalue weighted by Crippen LogP contribution is -2.05. The molecule has 0 atom stereocenters. The highest BCUT2D eigenvalue weighted by Crippen LogP contribution is 2.45. The van der Waals surface area contributed by atoms with Crippen molar-refractivity contribution in [3.8, 4) is 16.9 Å². The molecule has 6 nitrogen and oxygen atoms in total. The minimum absolute atomic E-state index is 0.116. The van der Waals surface area contributed by atoms with Crippen LogP contribution in [0.25, 0.3) is 11.1 Å². The molecule has 24 heavy (non-hydrogen) atoms. The third-order valence-electron chi connectivity index (χ3n) is 3.34. The maximum Gasteiger partial charge on any atom is 0.298 e. The number of rotatable bonds is 7. The van der Waals surface area contributed by atoms with Crippen molar-refractivity contribution < 1.29 is 26.0 Å². The third kappa shape index (κ3) is 3.99. The van der Waals surface area contributed by atoms with Gasteiger partial charge in [-0.3, -0.25) is 0 Å². The van der Waals surface area contributed by atoms with E-state index in [9.17, 15) is 16.8 Å². The van der Waals surface area contributed by atoms with Crippen LogP contribution in [0.1, 0.15) is 32.3 Å². The smallest absolute Gasteiger partial charge is 0.298 e. The molecule has 0 amide bonds. The van der Waals surface area contributed by atoms with Crippen LogP contribution >= 0.6 is 21.4 Å². The molecule has 0 spiro atoms. The number of hydrogen-bond acceptors (Lipinski definition) is 6. The van der Waals surface area contributed by atoms with Gasteiger partial charge in [-0.15, -0.1) is 0 Å². The molecule has 134 valence electrons. The lowest BCUT2D eigenvalue weighted by atomic mass is 10.1. The molecule has 0 aromatic heterocycles. The van der Waals surface area contributed by atoms with Gasteiger partial charge in [-0.25, -0.2) is 16.8 Å². The van der Waals surface area contributed by atoms with Gasteiger partial charge >= 0.3 is 0 Å². The van der Waals surface area contributed by atoms with E-state index < -0.39 is 28.3 Å². The molecule has 1 heterocycles. The van der Waals surface area contributed by atoms with E-state index in [1.165, 1.54) is 0 Å². The second-order valence-electron chi connectivity index (χ2n) is 5.11. The largest absolute Gasteiger partial charge is 0.489 e. The van der Waals surface area contributed by atoms with Crippen LogP contribution in [0.5, 0.6) is 5.75 Å². The van der Waals surface area contributed by atoms with Crippen molar-refractivity contribution in [2.75, 3.05) is 6.61 Å². The predicted molar refractivity (Wildman–Crippen MR) is 91.2 cm³/mol. The zero-order valence-corrected chi connectivity index (χ0v) is 16.1. The lowest BCUT2D eigenvalue weighted by Gasteiger charge is -2.14. The average molecular weight is 415 g/mol. The maximum absolute atomic E-state index is 11.8. The summed E-state index contributed by atoms with van der Waals surface area (Å²) in [4.78, 5) is 0. The summed E-state index contributed by atoms with van der Waals surface area (Å²) < 4.78 is 57.6. The monoisotopic (exact) mass is 414 g/mol. The van der Waals surface area contributed by atoms with Gasteiger partial charge < -0.3 is 9.15 Å². The quantitative estimate of drug-likeness (QED) is 0.636. The van der Waals surface area contributed by atoms with Gasteiger partial charge in [0.15, 0.2) is 5.75 Å². The van der Waals surface area contributed by atoms with Crippen molar-refractivity contribution in [1.29, 1.82) is 0 Å². The summed E-state index contributed by atoms with van der Waals surface area (Å²) in [6.07, 6.45) is 2.54. The van der Waals surface area contributed by atoms with Gasteiger partial charge in [0, 0.05) is 32.5 Å². The number of aryl methyl sites for hydroxylation is 1. The van der Waals surface area contributed by atoms with Crippen LogP contribution in [0.3, 0.4) is 0 Å². The van der Waals surface area contributed by atoms with Crippen LogP contribution in [0, 0.1) is 0 Å². The van der Waals surface area contributed by atoms with E-state index in [1.807, 2.05) is 6.92 Å². The molecule has 1 aliphatic heterocycles. The zero-order valence-electron chi connectivity index (χ0n) is 13.0. The molecule has 0 aromatic rings. The molecule has 0 N–H and O–H groups in total. The average Bonchev–Trinajstić information content (AvgIpc) is 2.86. The fourth-order valence-corrected chi connectivity index (χ4v) is 4.26. The van der Waals surface area contributed by atoms with Gasteiger partial charge in [-0.1, -0.05) is 13.3 Å². The molecule has 0 saturated carbocycles. The normalized spacial score (nSPS) is 12.7. The van der Waals surface area contributed by atoms with Crippen molar-refractivity contribution in [3.63, 3.8) is 0 Å². The first kappa shape index (κ1) is 19.4. The van der Waals surface area contributed by atoms with Crippen LogP contribution in [0.2, 0.25) is 0 Å². The Morgan fingerprint density at radius 1 is 1.00 bits per heavy atom. The summed E-state index contributed by atoms with van der Waals surface area (Å²) in [5.74, 6) is -0.116. The van der Waals surface area contributed by atoms with Crippen LogP contribution in [0.15, 0.2) is 26.7 Å². The van der Waals surface area contributed by atoms with Crippen LogP contribution in [-0.4, -0.2) is 23.4 Å². The Balaban J connectivity index is 2.87. The third-order valence-corrected chi connectivity index (χ3v) is 5.63. The lowest BCUT2D eigenvalue weighted by molar-refractivity contribution is 0.275. The molecule has 0 unspecified atom stereocenters. The second-order valence-corrected chi connectivity index (χ2v) is 10.0. The molecule has 10 heteroatoms. The van der Waals surface area contributed by atoms with Gasteiger partial charge in [0.25, 0.3) is 23.2 Å². The Bertz CT molecular complexity index is 915. The minimum Gasteiger partial charge on any atom is -0.489 e. The molecule has 2 rings (SSSR count). The number of ether oxygens (including phenoxy) is 1. The standard InChI is InChI=1S/C14H16Cl2O6S2/c1-3-5-6-9-7-10-11(8-9)13(23(15,17)18)22-14(24(16,19)20)12(10)21-4-2/h7-8H,3-6H2,1-2H3. The van der Waals surface area contributed by atoms with Crippen molar-refractivity contribution in [1.82, 2.24) is 0 Å². The topological polar surface area (TPSA) is 90.6 Å². The Morgan fingerprint density at radius 3 is 2.08 bits per heavy atom. The molecule has 0 fully saturated rings. The summed E-state index contributed by atoms with van der Waals surface area (Å²) in [5, 5.41) is -1.44. The molecule has 0 radical (unpaired) electrons. The van der Waals surface area contributed by atoms with Gasteiger partial charge in [-0.2, -0.15) is 0 Å². The first-order valence-corrected chi connectivity index (χ1v) is 11.8. The van der Waals surface area contributed by atoms with Gasteiger partial charge in [0.1, 0.15) is 0 Å². The Kier molecular flexibility index (Phi) is 5.74. The van der Waals surface area contributed by atoms with E-state index in [0.717, 1.165) is 18.4 Å². The van der Waals surface area contributed by atoms with Crippen molar-refractivity contribution in [3.05, 3.63) is 17.7 Å². The summed E-state index contributed by atoms with van der Waals surface area (Å²) in [7, 11) is 2.07. The number of hydrogen-bond donors (Lipinski definition) is 0. The molecular weight excluding hydrogens is 399 g/mol. The summed E-state index contributed by atoms with van der Waals surface area (Å²) in [5.41, 5.74) is 1.28. The second kappa shape index (κ2) is 7.11. The van der Waals surface area contributed by atoms with Gasteiger partial charge in [-0.05, 0) is 37.5 Å². The van der Waals surface area contributed by atoms with Crippen LogP contribution in [-0.2, 0) is 24.5 Å². The Labute approximate surface area is 149 Å². The molecule has 1 aliphatic carbocycles. The summed E-state index contributed by atoms with van der Waals surface area (Å²) >= 11 is 0. The minimum atomic E-state index is -4.38. The molecule has 2 aliphatic rings. The number of unbranched alkanes of at least 4 members (excludes halogenated alkanes) is 1. The van der Waals surface area contributed by atoms with E-state index >= 15 is 0 Å². The number of halogens is 2. The van der Waals surface area contributed by atoms with E-state index in [1.54, 1.807) is 19.1 Å². The first-order chi connectivity index (χ1) is 11.1.